The molecule has 5 nitrogen and oxygen atoms in total. The van der Waals surface area contributed by atoms with Crippen molar-refractivity contribution in [3.05, 3.63) is 71.8 Å². The van der Waals surface area contributed by atoms with Crippen molar-refractivity contribution in [3.63, 3.8) is 0 Å². The molecule has 1 amide bonds. The summed E-state index contributed by atoms with van der Waals surface area (Å²) in [5.41, 5.74) is 1.02. The van der Waals surface area contributed by atoms with Crippen LogP contribution in [0.2, 0.25) is 0 Å². The molecule has 27 heavy (non-hydrogen) atoms. The summed E-state index contributed by atoms with van der Waals surface area (Å²) >= 11 is 4.17. The van der Waals surface area contributed by atoms with E-state index in [1.807, 2.05) is 60.7 Å². The normalized spacial score (nSPS) is 12.3. The van der Waals surface area contributed by atoms with Crippen molar-refractivity contribution < 1.29 is 19.1 Å². The van der Waals surface area contributed by atoms with Gasteiger partial charge in [0.05, 0.1) is 0 Å². The summed E-state index contributed by atoms with van der Waals surface area (Å²) in [5, 5.41) is 2.52. The van der Waals surface area contributed by atoms with Gasteiger partial charge in [-0.1, -0.05) is 60.7 Å². The Kier molecular flexibility index (Phi) is 7.30. The van der Waals surface area contributed by atoms with Crippen LogP contribution in [-0.2, 0) is 14.3 Å². The van der Waals surface area contributed by atoms with Gasteiger partial charge in [0.15, 0.2) is 6.10 Å². The molecule has 2 aromatic rings. The van der Waals surface area contributed by atoms with Gasteiger partial charge in [-0.05, 0) is 31.9 Å². The van der Waals surface area contributed by atoms with Crippen molar-refractivity contribution in [3.8, 4) is 0 Å². The van der Waals surface area contributed by atoms with Gasteiger partial charge in [-0.3, -0.25) is 0 Å². The standard InChI is InChI=1S/C21H25NO4S/c1-21(2,3)26-20(24)22-17(14-27)19(23)25-18(15-10-6-4-7-11-15)16-12-8-5-9-13-16/h4-13,17-18,27H,14H2,1-3H3,(H,22,24)/t17-/m1/s1. The smallest absolute Gasteiger partial charge is 0.408 e. The zero-order chi connectivity index (χ0) is 19.9. The highest BCUT2D eigenvalue weighted by molar-refractivity contribution is 7.80. The molecular weight excluding hydrogens is 362 g/mol. The monoisotopic (exact) mass is 387 g/mol. The highest BCUT2D eigenvalue weighted by Crippen LogP contribution is 2.26. The molecule has 1 N–H and O–H groups in total. The Labute approximate surface area is 165 Å². The zero-order valence-electron chi connectivity index (χ0n) is 15.7. The zero-order valence-corrected chi connectivity index (χ0v) is 16.6. The lowest BCUT2D eigenvalue weighted by Crippen LogP contribution is -2.45. The van der Waals surface area contributed by atoms with Gasteiger partial charge in [0, 0.05) is 5.75 Å². The lowest BCUT2D eigenvalue weighted by molar-refractivity contribution is -0.149. The maximum Gasteiger partial charge on any atom is 0.408 e. The first-order valence-electron chi connectivity index (χ1n) is 8.71. The molecular formula is C21H25NO4S. The van der Waals surface area contributed by atoms with E-state index >= 15 is 0 Å². The number of carbonyl (C=O) groups is 2. The Morgan fingerprint density at radius 3 is 1.85 bits per heavy atom. The number of hydrogen-bond acceptors (Lipinski definition) is 5. The molecule has 2 rings (SSSR count). The third-order valence-corrected chi connectivity index (χ3v) is 3.96. The van der Waals surface area contributed by atoms with Gasteiger partial charge in [-0.25, -0.2) is 9.59 Å². The Balaban J connectivity index is 2.16. The van der Waals surface area contributed by atoms with E-state index in [1.165, 1.54) is 0 Å². The van der Waals surface area contributed by atoms with Crippen molar-refractivity contribution in [2.24, 2.45) is 0 Å². The van der Waals surface area contributed by atoms with E-state index in [1.54, 1.807) is 20.8 Å². The fourth-order valence-corrected chi connectivity index (χ4v) is 2.65. The van der Waals surface area contributed by atoms with Crippen LogP contribution in [0.4, 0.5) is 4.79 Å². The summed E-state index contributed by atoms with van der Waals surface area (Å²) in [6.07, 6.45) is -1.27. The Bertz CT molecular complexity index is 704. The van der Waals surface area contributed by atoms with Crippen molar-refractivity contribution >= 4 is 24.7 Å². The maximum absolute atomic E-state index is 12.7. The van der Waals surface area contributed by atoms with Crippen LogP contribution in [0.5, 0.6) is 0 Å². The first kappa shape index (κ1) is 20.8. The maximum atomic E-state index is 12.7. The summed E-state index contributed by atoms with van der Waals surface area (Å²) in [7, 11) is 0. The molecule has 144 valence electrons. The van der Waals surface area contributed by atoms with Crippen LogP contribution in [0.1, 0.15) is 38.0 Å². The molecule has 1 atom stereocenters. The topological polar surface area (TPSA) is 64.6 Å². The number of hydrogen-bond donors (Lipinski definition) is 2. The Hall–Kier alpha value is -2.47. The molecule has 0 fully saturated rings. The van der Waals surface area contributed by atoms with Crippen LogP contribution >= 0.6 is 12.6 Å². The van der Waals surface area contributed by atoms with Gasteiger partial charge < -0.3 is 14.8 Å². The Morgan fingerprint density at radius 2 is 1.44 bits per heavy atom. The molecule has 0 heterocycles. The molecule has 0 bridgehead atoms. The second kappa shape index (κ2) is 9.46. The summed E-state index contributed by atoms with van der Waals surface area (Å²) < 4.78 is 11.0. The number of esters is 1. The van der Waals surface area contributed by atoms with E-state index in [2.05, 4.69) is 17.9 Å². The number of carbonyl (C=O) groups excluding carboxylic acids is 2. The number of amides is 1. The van der Waals surface area contributed by atoms with Gasteiger partial charge in [0.25, 0.3) is 0 Å². The number of ether oxygens (including phenoxy) is 2. The minimum Gasteiger partial charge on any atom is -0.451 e. The molecule has 0 spiro atoms. The number of rotatable bonds is 6. The first-order valence-corrected chi connectivity index (χ1v) is 9.34. The molecule has 0 aromatic heterocycles. The highest BCUT2D eigenvalue weighted by Gasteiger charge is 2.27. The lowest BCUT2D eigenvalue weighted by atomic mass is 10.0. The molecule has 0 saturated carbocycles. The quantitative estimate of drug-likeness (QED) is 0.577. The molecule has 0 aliphatic carbocycles. The average Bonchev–Trinajstić information content (AvgIpc) is 2.64. The minimum atomic E-state index is -0.918. The number of alkyl carbamates (subject to hydrolysis) is 1. The molecule has 2 aromatic carbocycles. The molecule has 0 unspecified atom stereocenters. The van der Waals surface area contributed by atoms with Crippen LogP contribution in [0.15, 0.2) is 60.7 Å². The van der Waals surface area contributed by atoms with Gasteiger partial charge in [0.2, 0.25) is 0 Å². The Morgan fingerprint density at radius 1 is 0.963 bits per heavy atom. The number of nitrogens with one attached hydrogen (secondary N) is 1. The highest BCUT2D eigenvalue weighted by atomic mass is 32.1. The van der Waals surface area contributed by atoms with Crippen molar-refractivity contribution in [2.75, 3.05) is 5.75 Å². The van der Waals surface area contributed by atoms with E-state index in [4.69, 9.17) is 9.47 Å². The average molecular weight is 388 g/mol. The summed E-state index contributed by atoms with van der Waals surface area (Å²) in [6, 6.07) is 18.0. The van der Waals surface area contributed by atoms with Crippen molar-refractivity contribution in [1.29, 1.82) is 0 Å². The molecule has 0 aliphatic rings. The second-order valence-corrected chi connectivity index (χ2v) is 7.38. The van der Waals surface area contributed by atoms with Crippen LogP contribution in [0.3, 0.4) is 0 Å². The van der Waals surface area contributed by atoms with E-state index < -0.39 is 29.8 Å². The fourth-order valence-electron chi connectivity index (χ4n) is 2.41. The second-order valence-electron chi connectivity index (χ2n) is 7.02. The minimum absolute atomic E-state index is 0.0916. The van der Waals surface area contributed by atoms with Crippen LogP contribution in [0.25, 0.3) is 0 Å². The van der Waals surface area contributed by atoms with Crippen LogP contribution < -0.4 is 5.32 Å². The van der Waals surface area contributed by atoms with E-state index in [0.717, 1.165) is 11.1 Å². The van der Waals surface area contributed by atoms with Gasteiger partial charge in [0.1, 0.15) is 11.6 Å². The van der Waals surface area contributed by atoms with Crippen LogP contribution in [-0.4, -0.2) is 29.5 Å². The predicted octanol–water partition coefficient (Wildman–Crippen LogP) is 4.14. The number of benzene rings is 2. The lowest BCUT2D eigenvalue weighted by Gasteiger charge is -2.24. The van der Waals surface area contributed by atoms with E-state index in [0.29, 0.717) is 0 Å². The molecule has 6 heteroatoms. The largest absolute Gasteiger partial charge is 0.451 e. The third kappa shape index (κ3) is 6.64. The molecule has 0 saturated heterocycles. The predicted molar refractivity (Wildman–Crippen MR) is 108 cm³/mol. The van der Waals surface area contributed by atoms with Gasteiger partial charge in [-0.15, -0.1) is 0 Å². The van der Waals surface area contributed by atoms with Gasteiger partial charge in [-0.2, -0.15) is 12.6 Å². The van der Waals surface area contributed by atoms with Crippen molar-refractivity contribution in [2.45, 2.75) is 38.5 Å². The summed E-state index contributed by atoms with van der Waals surface area (Å²) in [5.74, 6) is -0.484. The van der Waals surface area contributed by atoms with Crippen LogP contribution in [0, 0.1) is 0 Å². The third-order valence-electron chi connectivity index (χ3n) is 3.60. The summed E-state index contributed by atoms with van der Waals surface area (Å²) in [4.78, 5) is 24.7. The number of thiol groups is 1. The van der Waals surface area contributed by atoms with E-state index in [9.17, 15) is 9.59 Å². The first-order chi connectivity index (χ1) is 12.8. The van der Waals surface area contributed by atoms with E-state index in [-0.39, 0.29) is 5.75 Å². The molecule has 0 radical (unpaired) electrons. The molecule has 0 aliphatic heterocycles. The SMILES string of the molecule is CC(C)(C)OC(=O)N[C@H](CS)C(=O)OC(c1ccccc1)c1ccccc1. The van der Waals surface area contributed by atoms with Crippen molar-refractivity contribution in [1.82, 2.24) is 5.32 Å². The fraction of sp³-hybridized carbons (Fsp3) is 0.333. The summed E-state index contributed by atoms with van der Waals surface area (Å²) in [6.45, 7) is 5.25. The van der Waals surface area contributed by atoms with Gasteiger partial charge >= 0.3 is 12.1 Å².